The van der Waals surface area contributed by atoms with E-state index >= 15 is 0 Å². The Kier molecular flexibility index (Phi) is 8.07. The maximum atomic E-state index is 3.65. The van der Waals surface area contributed by atoms with Crippen LogP contribution in [0, 0.1) is 0 Å². The van der Waals surface area contributed by atoms with Gasteiger partial charge in [-0.05, 0) is 108 Å². The van der Waals surface area contributed by atoms with E-state index in [4.69, 9.17) is 0 Å². The van der Waals surface area contributed by atoms with Crippen LogP contribution in [0.4, 0.5) is 22.7 Å². The van der Waals surface area contributed by atoms with Crippen molar-refractivity contribution in [3.8, 4) is 11.1 Å². The number of nitrogens with one attached hydrogen (secondary N) is 2. The number of rotatable bonds is 10. The first kappa shape index (κ1) is 26.1. The number of benzene rings is 4. The van der Waals surface area contributed by atoms with Crippen molar-refractivity contribution in [1.82, 2.24) is 0 Å². The third-order valence-electron chi connectivity index (χ3n) is 7.54. The SMILES string of the molecule is CCCCC1(CCCC)c2cc(Nc3ccc(Br)cc3)ccc2-c2ccc(Nc3ccc(Br)cc3)cc21. The quantitative estimate of drug-likeness (QED) is 0.185. The topological polar surface area (TPSA) is 24.1 Å². The molecule has 0 amide bonds. The van der Waals surface area contributed by atoms with E-state index in [9.17, 15) is 0 Å². The van der Waals surface area contributed by atoms with Gasteiger partial charge in [0.1, 0.15) is 0 Å². The fourth-order valence-electron chi connectivity index (χ4n) is 5.67. The molecule has 0 unspecified atom stereocenters. The second-order valence-corrected chi connectivity index (χ2v) is 11.9. The van der Waals surface area contributed by atoms with Gasteiger partial charge in [-0.1, -0.05) is 83.5 Å². The van der Waals surface area contributed by atoms with Crippen LogP contribution in [-0.2, 0) is 5.41 Å². The van der Waals surface area contributed by atoms with Gasteiger partial charge in [-0.2, -0.15) is 0 Å². The van der Waals surface area contributed by atoms with Crippen molar-refractivity contribution in [2.75, 3.05) is 10.6 Å². The van der Waals surface area contributed by atoms with Gasteiger partial charge < -0.3 is 10.6 Å². The molecule has 0 spiro atoms. The summed E-state index contributed by atoms with van der Waals surface area (Å²) in [6, 6.07) is 30.8. The third-order valence-corrected chi connectivity index (χ3v) is 8.60. The molecule has 0 heterocycles. The van der Waals surface area contributed by atoms with Gasteiger partial charge in [0.2, 0.25) is 0 Å². The molecule has 0 fully saturated rings. The average molecular weight is 618 g/mol. The van der Waals surface area contributed by atoms with Crippen molar-refractivity contribution in [2.24, 2.45) is 0 Å². The monoisotopic (exact) mass is 616 g/mol. The molecule has 0 saturated carbocycles. The van der Waals surface area contributed by atoms with Crippen molar-refractivity contribution >= 4 is 54.6 Å². The lowest BCUT2D eigenvalue weighted by atomic mass is 9.70. The first-order chi connectivity index (χ1) is 18.0. The molecular formula is C33H34Br2N2. The molecule has 0 saturated heterocycles. The second kappa shape index (κ2) is 11.4. The summed E-state index contributed by atoms with van der Waals surface area (Å²) < 4.78 is 2.18. The summed E-state index contributed by atoms with van der Waals surface area (Å²) in [5.74, 6) is 0. The first-order valence-corrected chi connectivity index (χ1v) is 15.0. The smallest absolute Gasteiger partial charge is 0.0387 e. The van der Waals surface area contributed by atoms with E-state index in [0.29, 0.717) is 0 Å². The first-order valence-electron chi connectivity index (χ1n) is 13.4. The Bertz CT molecular complexity index is 1250. The van der Waals surface area contributed by atoms with Gasteiger partial charge in [-0.25, -0.2) is 0 Å². The Morgan fingerprint density at radius 1 is 0.541 bits per heavy atom. The van der Waals surface area contributed by atoms with Crippen LogP contribution >= 0.6 is 31.9 Å². The third kappa shape index (κ3) is 5.51. The predicted octanol–water partition coefficient (Wildman–Crippen LogP) is 11.3. The molecule has 5 rings (SSSR count). The summed E-state index contributed by atoms with van der Waals surface area (Å²) in [5.41, 5.74) is 10.3. The minimum Gasteiger partial charge on any atom is -0.356 e. The summed E-state index contributed by atoms with van der Waals surface area (Å²) in [6.45, 7) is 4.61. The van der Waals surface area contributed by atoms with Crippen LogP contribution in [0.1, 0.15) is 63.5 Å². The summed E-state index contributed by atoms with van der Waals surface area (Å²) in [5, 5.41) is 7.30. The summed E-state index contributed by atoms with van der Waals surface area (Å²) >= 11 is 7.09. The molecule has 2 N–H and O–H groups in total. The van der Waals surface area contributed by atoms with E-state index in [0.717, 1.165) is 31.7 Å². The molecule has 190 valence electrons. The highest BCUT2D eigenvalue weighted by atomic mass is 79.9. The van der Waals surface area contributed by atoms with Crippen molar-refractivity contribution in [3.05, 3.63) is 105 Å². The highest BCUT2D eigenvalue weighted by molar-refractivity contribution is 9.10. The Balaban J connectivity index is 1.57. The molecule has 0 aliphatic heterocycles. The minimum absolute atomic E-state index is 0.0332. The molecular weight excluding hydrogens is 584 g/mol. The minimum atomic E-state index is 0.0332. The average Bonchev–Trinajstić information content (AvgIpc) is 3.17. The summed E-state index contributed by atoms with van der Waals surface area (Å²) in [7, 11) is 0. The lowest BCUT2D eigenvalue weighted by Gasteiger charge is -2.33. The molecule has 1 aliphatic carbocycles. The van der Waals surface area contributed by atoms with Crippen molar-refractivity contribution in [1.29, 1.82) is 0 Å². The molecule has 4 heteroatoms. The van der Waals surface area contributed by atoms with E-state index in [1.165, 1.54) is 60.8 Å². The largest absolute Gasteiger partial charge is 0.356 e. The van der Waals surface area contributed by atoms with Crippen molar-refractivity contribution < 1.29 is 0 Å². The number of halogens is 2. The van der Waals surface area contributed by atoms with Crippen LogP contribution in [0.2, 0.25) is 0 Å². The molecule has 2 nitrogen and oxygen atoms in total. The van der Waals surface area contributed by atoms with Crippen LogP contribution < -0.4 is 10.6 Å². The van der Waals surface area contributed by atoms with E-state index < -0.39 is 0 Å². The van der Waals surface area contributed by atoms with Gasteiger partial charge in [-0.15, -0.1) is 0 Å². The number of unbranched alkanes of at least 4 members (excludes halogenated alkanes) is 2. The van der Waals surface area contributed by atoms with Crippen molar-refractivity contribution in [3.63, 3.8) is 0 Å². The molecule has 1 aliphatic rings. The molecule has 0 bridgehead atoms. The van der Waals surface area contributed by atoms with Crippen LogP contribution in [0.25, 0.3) is 11.1 Å². The van der Waals surface area contributed by atoms with E-state index in [1.807, 2.05) is 0 Å². The number of fused-ring (bicyclic) bond motifs is 3. The highest BCUT2D eigenvalue weighted by Gasteiger charge is 2.42. The normalized spacial score (nSPS) is 13.2. The zero-order valence-corrected chi connectivity index (χ0v) is 24.8. The maximum Gasteiger partial charge on any atom is 0.0387 e. The summed E-state index contributed by atoms with van der Waals surface area (Å²) in [6.07, 6.45) is 7.19. The van der Waals surface area contributed by atoms with E-state index in [2.05, 4.69) is 141 Å². The standard InChI is InChI=1S/C33H34Br2N2/c1-3-5-19-33(20-6-4-2)31-21-27(36-25-11-7-23(34)8-12-25)15-17-29(31)30-18-16-28(22-32(30)33)37-26-13-9-24(35)10-14-26/h7-18,21-22,36-37H,3-6,19-20H2,1-2H3. The van der Waals surface area contributed by atoms with Gasteiger partial charge >= 0.3 is 0 Å². The number of anilines is 4. The second-order valence-electron chi connectivity index (χ2n) is 10.1. The molecule has 4 aromatic rings. The van der Waals surface area contributed by atoms with Crippen LogP contribution in [0.15, 0.2) is 93.9 Å². The van der Waals surface area contributed by atoms with Gasteiger partial charge in [0.25, 0.3) is 0 Å². The lowest BCUT2D eigenvalue weighted by Crippen LogP contribution is -2.25. The Hall–Kier alpha value is -2.56. The van der Waals surface area contributed by atoms with E-state index in [1.54, 1.807) is 0 Å². The fraction of sp³-hybridized carbons (Fsp3) is 0.273. The predicted molar refractivity (Wildman–Crippen MR) is 167 cm³/mol. The zero-order valence-electron chi connectivity index (χ0n) is 21.6. The maximum absolute atomic E-state index is 3.65. The van der Waals surface area contributed by atoms with Crippen LogP contribution in [0.5, 0.6) is 0 Å². The van der Waals surface area contributed by atoms with Gasteiger partial charge in [0.05, 0.1) is 0 Å². The summed E-state index contributed by atoms with van der Waals surface area (Å²) in [4.78, 5) is 0. The highest BCUT2D eigenvalue weighted by Crippen LogP contribution is 2.55. The van der Waals surface area contributed by atoms with Gasteiger partial charge in [-0.3, -0.25) is 0 Å². The molecule has 0 radical (unpaired) electrons. The van der Waals surface area contributed by atoms with Crippen molar-refractivity contribution in [2.45, 2.75) is 57.8 Å². The fourth-order valence-corrected chi connectivity index (χ4v) is 6.20. The molecule has 0 aromatic heterocycles. The van der Waals surface area contributed by atoms with Gasteiger partial charge in [0, 0.05) is 37.1 Å². The van der Waals surface area contributed by atoms with Gasteiger partial charge in [0.15, 0.2) is 0 Å². The Morgan fingerprint density at radius 2 is 0.919 bits per heavy atom. The van der Waals surface area contributed by atoms with Crippen LogP contribution in [-0.4, -0.2) is 0 Å². The lowest BCUT2D eigenvalue weighted by molar-refractivity contribution is 0.415. The Morgan fingerprint density at radius 3 is 1.30 bits per heavy atom. The number of hydrogen-bond acceptors (Lipinski definition) is 2. The number of hydrogen-bond donors (Lipinski definition) is 2. The molecule has 37 heavy (non-hydrogen) atoms. The molecule has 0 atom stereocenters. The van der Waals surface area contributed by atoms with E-state index in [-0.39, 0.29) is 5.41 Å². The van der Waals surface area contributed by atoms with Crippen LogP contribution in [0.3, 0.4) is 0 Å². The Labute approximate surface area is 238 Å². The molecule has 4 aromatic carbocycles. The zero-order chi connectivity index (χ0) is 25.8.